The van der Waals surface area contributed by atoms with E-state index in [9.17, 15) is 4.79 Å². The molecule has 0 heterocycles. The topological polar surface area (TPSA) is 26.3 Å². The molecule has 2 heteroatoms. The Morgan fingerprint density at radius 1 is 1.35 bits per heavy atom. The van der Waals surface area contributed by atoms with E-state index in [4.69, 9.17) is 4.74 Å². The molecule has 1 unspecified atom stereocenters. The lowest BCUT2D eigenvalue weighted by Gasteiger charge is -2.28. The van der Waals surface area contributed by atoms with Gasteiger partial charge < -0.3 is 4.74 Å². The number of hydrogen-bond acceptors (Lipinski definition) is 2. The van der Waals surface area contributed by atoms with E-state index < -0.39 is 0 Å². The van der Waals surface area contributed by atoms with Crippen LogP contribution < -0.4 is 0 Å². The summed E-state index contributed by atoms with van der Waals surface area (Å²) in [5.74, 6) is -0.262. The van der Waals surface area contributed by atoms with Crippen molar-refractivity contribution < 1.29 is 9.53 Å². The Balaban J connectivity index is 3.09. The number of hydrogen-bond donors (Lipinski definition) is 0. The Morgan fingerprint density at radius 2 is 2.06 bits per heavy atom. The highest BCUT2D eigenvalue weighted by molar-refractivity contribution is 5.89. The third-order valence-electron chi connectivity index (χ3n) is 3.56. The van der Waals surface area contributed by atoms with Crippen LogP contribution in [0.4, 0.5) is 0 Å². The van der Waals surface area contributed by atoms with E-state index >= 15 is 0 Å². The van der Waals surface area contributed by atoms with Crippen molar-refractivity contribution in [3.63, 3.8) is 0 Å². The predicted molar refractivity (Wildman–Crippen MR) is 70.3 cm³/mol. The molecule has 0 aliphatic heterocycles. The van der Waals surface area contributed by atoms with Gasteiger partial charge in [0.05, 0.1) is 12.7 Å². The maximum Gasteiger partial charge on any atom is 0.337 e. The van der Waals surface area contributed by atoms with Crippen molar-refractivity contribution in [2.75, 3.05) is 7.11 Å². The normalized spacial score (nSPS) is 14.1. The molecule has 1 aromatic rings. The molecule has 1 aromatic carbocycles. The summed E-state index contributed by atoms with van der Waals surface area (Å²) < 4.78 is 4.76. The summed E-state index contributed by atoms with van der Waals surface area (Å²) in [5.41, 5.74) is 2.02. The second-order valence-corrected chi connectivity index (χ2v) is 4.74. The molecule has 0 saturated heterocycles. The lowest BCUT2D eigenvalue weighted by molar-refractivity contribution is 0.0600. The minimum absolute atomic E-state index is 0.152. The zero-order valence-corrected chi connectivity index (χ0v) is 11.2. The molecule has 0 bridgehead atoms. The lowest BCUT2D eigenvalue weighted by atomic mass is 9.76. The van der Waals surface area contributed by atoms with E-state index in [0.29, 0.717) is 5.56 Å². The molecular weight excluding hydrogens is 212 g/mol. The fourth-order valence-corrected chi connectivity index (χ4v) is 2.22. The van der Waals surface area contributed by atoms with E-state index in [0.717, 1.165) is 19.3 Å². The molecular formula is C15H22O2. The van der Waals surface area contributed by atoms with Crippen molar-refractivity contribution in [3.05, 3.63) is 35.4 Å². The van der Waals surface area contributed by atoms with Gasteiger partial charge in [-0.05, 0) is 36.0 Å². The third-order valence-corrected chi connectivity index (χ3v) is 3.56. The number of methoxy groups -OCH3 is 1. The van der Waals surface area contributed by atoms with Gasteiger partial charge in [-0.15, -0.1) is 0 Å². The van der Waals surface area contributed by atoms with Crippen LogP contribution >= 0.6 is 0 Å². The highest BCUT2D eigenvalue weighted by Gasteiger charge is 2.24. The Morgan fingerprint density at radius 3 is 2.59 bits per heavy atom. The minimum atomic E-state index is -0.262. The molecule has 0 amide bonds. The van der Waals surface area contributed by atoms with Gasteiger partial charge in [0.1, 0.15) is 0 Å². The zero-order chi connectivity index (χ0) is 12.9. The van der Waals surface area contributed by atoms with E-state index in [2.05, 4.69) is 26.8 Å². The third kappa shape index (κ3) is 3.09. The van der Waals surface area contributed by atoms with Crippen LogP contribution in [-0.2, 0) is 10.2 Å². The first-order valence-corrected chi connectivity index (χ1v) is 6.26. The lowest BCUT2D eigenvalue weighted by Crippen LogP contribution is -2.21. The first-order valence-electron chi connectivity index (χ1n) is 6.26. The molecule has 0 spiro atoms. The van der Waals surface area contributed by atoms with Crippen molar-refractivity contribution in [1.82, 2.24) is 0 Å². The van der Waals surface area contributed by atoms with E-state index in [1.165, 1.54) is 12.7 Å². The zero-order valence-electron chi connectivity index (χ0n) is 11.2. The standard InChI is InChI=1S/C15H22O2/c1-5-10-15(3,6-2)13-9-7-8-12(11-13)14(16)17-4/h7-9,11H,5-6,10H2,1-4H3. The van der Waals surface area contributed by atoms with Crippen LogP contribution in [-0.4, -0.2) is 13.1 Å². The minimum Gasteiger partial charge on any atom is -0.465 e. The average Bonchev–Trinajstić information content (AvgIpc) is 2.38. The monoisotopic (exact) mass is 234 g/mol. The molecule has 0 fully saturated rings. The fraction of sp³-hybridized carbons (Fsp3) is 0.533. The summed E-state index contributed by atoms with van der Waals surface area (Å²) in [4.78, 5) is 11.5. The summed E-state index contributed by atoms with van der Waals surface area (Å²) in [6, 6.07) is 7.80. The molecule has 1 atom stereocenters. The second kappa shape index (κ2) is 5.85. The van der Waals surface area contributed by atoms with Crippen molar-refractivity contribution in [2.24, 2.45) is 0 Å². The SMILES string of the molecule is CCCC(C)(CC)c1cccc(C(=O)OC)c1. The molecule has 2 nitrogen and oxygen atoms in total. The summed E-state index contributed by atoms with van der Waals surface area (Å²) in [5, 5.41) is 0. The second-order valence-electron chi connectivity index (χ2n) is 4.74. The quantitative estimate of drug-likeness (QED) is 0.721. The molecule has 0 radical (unpaired) electrons. The van der Waals surface area contributed by atoms with Gasteiger partial charge in [0.2, 0.25) is 0 Å². The smallest absolute Gasteiger partial charge is 0.337 e. The van der Waals surface area contributed by atoms with Gasteiger partial charge in [-0.2, -0.15) is 0 Å². The van der Waals surface area contributed by atoms with Gasteiger partial charge in [-0.3, -0.25) is 0 Å². The van der Waals surface area contributed by atoms with Gasteiger partial charge in [-0.25, -0.2) is 4.79 Å². The first kappa shape index (κ1) is 13.8. The average molecular weight is 234 g/mol. The van der Waals surface area contributed by atoms with Crippen molar-refractivity contribution in [3.8, 4) is 0 Å². The van der Waals surface area contributed by atoms with Gasteiger partial charge in [0.15, 0.2) is 0 Å². The molecule has 94 valence electrons. The van der Waals surface area contributed by atoms with Crippen LogP contribution in [0.1, 0.15) is 56.0 Å². The number of rotatable bonds is 5. The van der Waals surface area contributed by atoms with Crippen LogP contribution in [0, 0.1) is 0 Å². The highest BCUT2D eigenvalue weighted by Crippen LogP contribution is 2.32. The number of benzene rings is 1. The van der Waals surface area contributed by atoms with Crippen LogP contribution in [0.2, 0.25) is 0 Å². The van der Waals surface area contributed by atoms with E-state index in [1.54, 1.807) is 6.07 Å². The maximum atomic E-state index is 11.5. The van der Waals surface area contributed by atoms with Crippen molar-refractivity contribution in [2.45, 2.75) is 45.4 Å². The van der Waals surface area contributed by atoms with Crippen LogP contribution in [0.25, 0.3) is 0 Å². The molecule has 0 aliphatic carbocycles. The van der Waals surface area contributed by atoms with Gasteiger partial charge in [-0.1, -0.05) is 39.3 Å². The largest absolute Gasteiger partial charge is 0.465 e. The van der Waals surface area contributed by atoms with Crippen LogP contribution in [0.5, 0.6) is 0 Å². The van der Waals surface area contributed by atoms with Crippen LogP contribution in [0.15, 0.2) is 24.3 Å². The molecule has 0 saturated carbocycles. The van der Waals surface area contributed by atoms with E-state index in [-0.39, 0.29) is 11.4 Å². The Hall–Kier alpha value is -1.31. The maximum absolute atomic E-state index is 11.5. The Labute approximate surface area is 104 Å². The number of ether oxygens (including phenoxy) is 1. The van der Waals surface area contributed by atoms with Crippen molar-refractivity contribution in [1.29, 1.82) is 0 Å². The Kier molecular flexibility index (Phi) is 4.73. The predicted octanol–water partition coefficient (Wildman–Crippen LogP) is 3.94. The van der Waals surface area contributed by atoms with Crippen LogP contribution in [0.3, 0.4) is 0 Å². The summed E-state index contributed by atoms with van der Waals surface area (Å²) in [6.07, 6.45) is 3.35. The highest BCUT2D eigenvalue weighted by atomic mass is 16.5. The molecule has 0 aliphatic rings. The van der Waals surface area contributed by atoms with Gasteiger partial charge in [0.25, 0.3) is 0 Å². The first-order chi connectivity index (χ1) is 8.07. The number of carbonyl (C=O) groups excluding carboxylic acids is 1. The number of carbonyl (C=O) groups is 1. The van der Waals surface area contributed by atoms with Gasteiger partial charge >= 0.3 is 5.97 Å². The Bertz CT molecular complexity index is 384. The van der Waals surface area contributed by atoms with Crippen molar-refractivity contribution >= 4 is 5.97 Å². The summed E-state index contributed by atoms with van der Waals surface area (Å²) in [7, 11) is 1.42. The van der Waals surface area contributed by atoms with E-state index in [1.807, 2.05) is 12.1 Å². The van der Waals surface area contributed by atoms with Gasteiger partial charge in [0, 0.05) is 0 Å². The molecule has 1 rings (SSSR count). The number of esters is 1. The molecule has 17 heavy (non-hydrogen) atoms. The summed E-state index contributed by atoms with van der Waals surface area (Å²) in [6.45, 7) is 6.64. The fourth-order valence-electron chi connectivity index (χ4n) is 2.22. The molecule has 0 N–H and O–H groups in total. The molecule has 0 aromatic heterocycles. The summed E-state index contributed by atoms with van der Waals surface area (Å²) >= 11 is 0.